The van der Waals surface area contributed by atoms with Gasteiger partial charge < -0.3 is 33.2 Å². The SMILES string of the molecule is Cc1nc2c(cc(-c3nnc(N4C[C@H](C)O[C@@H](C)C4)o3)n2C)c(-c2cc(F)c3c(c2C)CCCO3)c1[C@H](OC(C)(C)C)C(=O)O. The summed E-state index contributed by atoms with van der Waals surface area (Å²) in [5.41, 5.74) is 3.88. The highest BCUT2D eigenvalue weighted by molar-refractivity contribution is 6.01. The number of ether oxygens (including phenoxy) is 3. The number of aryl methyl sites for hydroxylation is 2. The average molecular weight is 622 g/mol. The van der Waals surface area contributed by atoms with E-state index in [0.29, 0.717) is 71.2 Å². The van der Waals surface area contributed by atoms with E-state index in [1.165, 1.54) is 6.07 Å². The molecule has 0 saturated carbocycles. The smallest absolute Gasteiger partial charge is 0.337 e. The Morgan fingerprint density at radius 1 is 1.16 bits per heavy atom. The van der Waals surface area contributed by atoms with Crippen LogP contribution in [-0.2, 0) is 27.7 Å². The van der Waals surface area contributed by atoms with Gasteiger partial charge in [-0.1, -0.05) is 5.10 Å². The molecule has 4 aromatic rings. The van der Waals surface area contributed by atoms with Crippen molar-refractivity contribution in [2.75, 3.05) is 24.6 Å². The van der Waals surface area contributed by atoms with E-state index in [4.69, 9.17) is 23.6 Å². The quantitative estimate of drug-likeness (QED) is 0.277. The molecule has 3 aromatic heterocycles. The van der Waals surface area contributed by atoms with Crippen molar-refractivity contribution in [3.63, 3.8) is 0 Å². The molecule has 3 atom stereocenters. The number of benzene rings is 1. The van der Waals surface area contributed by atoms with Crippen molar-refractivity contribution in [3.05, 3.63) is 40.3 Å². The Labute approximate surface area is 261 Å². The van der Waals surface area contributed by atoms with E-state index in [9.17, 15) is 9.90 Å². The molecule has 0 bridgehead atoms. The van der Waals surface area contributed by atoms with Gasteiger partial charge in [0, 0.05) is 47.9 Å². The zero-order chi connectivity index (χ0) is 32.4. The van der Waals surface area contributed by atoms with Crippen LogP contribution in [0.3, 0.4) is 0 Å². The van der Waals surface area contributed by atoms with Crippen LogP contribution >= 0.6 is 0 Å². The largest absolute Gasteiger partial charge is 0.490 e. The Morgan fingerprint density at radius 2 is 1.87 bits per heavy atom. The lowest BCUT2D eigenvalue weighted by atomic mass is 9.86. The monoisotopic (exact) mass is 621 g/mol. The third-order valence-corrected chi connectivity index (χ3v) is 8.39. The van der Waals surface area contributed by atoms with E-state index in [2.05, 4.69) is 10.2 Å². The van der Waals surface area contributed by atoms with Crippen molar-refractivity contribution in [1.82, 2.24) is 19.7 Å². The molecule has 0 unspecified atom stereocenters. The summed E-state index contributed by atoms with van der Waals surface area (Å²) in [5, 5.41) is 19.8. The van der Waals surface area contributed by atoms with Crippen LogP contribution < -0.4 is 9.64 Å². The van der Waals surface area contributed by atoms with Crippen LogP contribution in [0.15, 0.2) is 16.5 Å². The Hall–Kier alpha value is -4.03. The first kappa shape index (κ1) is 31.0. The highest BCUT2D eigenvalue weighted by atomic mass is 19.1. The summed E-state index contributed by atoms with van der Waals surface area (Å²) in [5.74, 6) is -1.12. The summed E-state index contributed by atoms with van der Waals surface area (Å²) in [6, 6.07) is 3.68. The summed E-state index contributed by atoms with van der Waals surface area (Å²) in [6.45, 7) is 14.8. The van der Waals surface area contributed by atoms with Crippen LogP contribution in [-0.4, -0.2) is 68.3 Å². The molecule has 0 radical (unpaired) electrons. The molecule has 0 spiro atoms. The molecular weight excluding hydrogens is 581 g/mol. The van der Waals surface area contributed by atoms with Crippen LogP contribution in [0.4, 0.5) is 10.4 Å². The van der Waals surface area contributed by atoms with Gasteiger partial charge in [-0.3, -0.25) is 0 Å². The molecule has 2 aliphatic heterocycles. The van der Waals surface area contributed by atoms with Crippen LogP contribution in [0, 0.1) is 19.7 Å². The summed E-state index contributed by atoms with van der Waals surface area (Å²) in [6.07, 6.45) is 0.0695. The van der Waals surface area contributed by atoms with Gasteiger partial charge in [-0.15, -0.1) is 5.10 Å². The van der Waals surface area contributed by atoms with Crippen molar-refractivity contribution in [2.45, 2.75) is 85.2 Å². The third kappa shape index (κ3) is 5.65. The first-order chi connectivity index (χ1) is 21.2. The van der Waals surface area contributed by atoms with Gasteiger partial charge in [0.15, 0.2) is 17.7 Å². The molecule has 240 valence electrons. The highest BCUT2D eigenvalue weighted by Crippen LogP contribution is 2.45. The third-order valence-electron chi connectivity index (χ3n) is 8.39. The Morgan fingerprint density at radius 3 is 2.53 bits per heavy atom. The fraction of sp³-hybridized carbons (Fsp3) is 0.515. The number of morpholine rings is 1. The molecule has 0 aliphatic carbocycles. The molecule has 1 fully saturated rings. The van der Waals surface area contributed by atoms with Crippen molar-refractivity contribution in [2.24, 2.45) is 7.05 Å². The lowest BCUT2D eigenvalue weighted by Crippen LogP contribution is -2.45. The molecule has 2 aliphatic rings. The minimum atomic E-state index is -1.37. The molecule has 5 heterocycles. The van der Waals surface area contributed by atoms with E-state index in [-0.39, 0.29) is 23.8 Å². The summed E-state index contributed by atoms with van der Waals surface area (Å²) >= 11 is 0. The lowest BCUT2D eigenvalue weighted by Gasteiger charge is -2.33. The van der Waals surface area contributed by atoms with Gasteiger partial charge in [-0.2, -0.15) is 0 Å². The molecule has 12 heteroatoms. The second-order valence-corrected chi connectivity index (χ2v) is 13.1. The first-order valence-corrected chi connectivity index (χ1v) is 15.3. The predicted octanol–water partition coefficient (Wildman–Crippen LogP) is 5.93. The predicted molar refractivity (Wildman–Crippen MR) is 166 cm³/mol. The molecule has 1 N–H and O–H groups in total. The number of anilines is 1. The molecule has 45 heavy (non-hydrogen) atoms. The number of carboxylic acids is 1. The van der Waals surface area contributed by atoms with Crippen LogP contribution in [0.5, 0.6) is 5.75 Å². The molecule has 1 saturated heterocycles. The van der Waals surface area contributed by atoms with Gasteiger partial charge in [0.25, 0.3) is 5.89 Å². The van der Waals surface area contributed by atoms with E-state index >= 15 is 4.39 Å². The van der Waals surface area contributed by atoms with Crippen molar-refractivity contribution in [1.29, 1.82) is 0 Å². The number of hydrogen-bond acceptors (Lipinski definition) is 9. The van der Waals surface area contributed by atoms with E-state index in [0.717, 1.165) is 17.5 Å². The molecule has 0 amide bonds. The van der Waals surface area contributed by atoms with Gasteiger partial charge in [0.1, 0.15) is 11.3 Å². The Balaban J connectivity index is 1.59. The molecule has 1 aromatic carbocycles. The maximum absolute atomic E-state index is 15.7. The van der Waals surface area contributed by atoms with E-state index < -0.39 is 23.5 Å². The summed E-state index contributed by atoms with van der Waals surface area (Å²) in [4.78, 5) is 19.7. The molecule has 6 rings (SSSR count). The number of pyridine rings is 1. The van der Waals surface area contributed by atoms with Crippen LogP contribution in [0.1, 0.15) is 69.5 Å². The van der Waals surface area contributed by atoms with Crippen molar-refractivity contribution >= 4 is 23.0 Å². The minimum Gasteiger partial charge on any atom is -0.490 e. The topological polar surface area (TPSA) is 125 Å². The number of rotatable bonds is 6. The van der Waals surface area contributed by atoms with Gasteiger partial charge in [-0.25, -0.2) is 14.2 Å². The van der Waals surface area contributed by atoms with Gasteiger partial charge in [-0.05, 0) is 84.6 Å². The summed E-state index contributed by atoms with van der Waals surface area (Å²) in [7, 11) is 1.84. The Bertz CT molecular complexity index is 1780. The molecular formula is C33H40FN5O6. The fourth-order valence-electron chi connectivity index (χ4n) is 6.56. The molecule has 11 nitrogen and oxygen atoms in total. The normalized spacial score (nSPS) is 19.4. The number of nitrogens with zero attached hydrogens (tertiary/aromatic N) is 5. The standard InChI is InChI=1S/C33H40FN5O6/c1-16-14-39(15-17(2)43-16)32-37-36-30(44-32)24-13-22-26(21-12-23(34)27-20(18(21)3)10-9-11-42-27)25(19(4)35-29(22)38(24)8)28(31(40)41)45-33(5,6)7/h12-13,16-17,28H,9-11,14-15H2,1-8H3,(H,40,41)/t16-,17-,28-/m0/s1. The number of fused-ring (bicyclic) bond motifs is 2. The fourth-order valence-corrected chi connectivity index (χ4v) is 6.56. The van der Waals surface area contributed by atoms with Crippen molar-refractivity contribution in [3.8, 4) is 28.5 Å². The lowest BCUT2D eigenvalue weighted by molar-refractivity contribution is -0.160. The maximum atomic E-state index is 15.7. The number of hydrogen-bond donors (Lipinski definition) is 1. The van der Waals surface area contributed by atoms with Crippen molar-refractivity contribution < 1.29 is 32.9 Å². The van der Waals surface area contributed by atoms with E-state index in [1.807, 2.05) is 43.4 Å². The minimum absolute atomic E-state index is 0.0121. The maximum Gasteiger partial charge on any atom is 0.337 e. The number of aromatic nitrogens is 4. The van der Waals surface area contributed by atoms with Gasteiger partial charge >= 0.3 is 12.0 Å². The highest BCUT2D eigenvalue weighted by Gasteiger charge is 2.35. The number of aliphatic carboxylic acids is 1. The van der Waals surface area contributed by atoms with Crippen LogP contribution in [0.25, 0.3) is 33.7 Å². The van der Waals surface area contributed by atoms with Gasteiger partial charge in [0.2, 0.25) is 0 Å². The average Bonchev–Trinajstić information content (AvgIpc) is 3.57. The first-order valence-electron chi connectivity index (χ1n) is 15.3. The number of carbonyl (C=O) groups is 1. The van der Waals surface area contributed by atoms with Gasteiger partial charge in [0.05, 0.1) is 24.4 Å². The zero-order valence-electron chi connectivity index (χ0n) is 27.0. The Kier molecular flexibility index (Phi) is 7.85. The van der Waals surface area contributed by atoms with E-state index in [1.54, 1.807) is 27.7 Å². The second kappa shape index (κ2) is 11.4. The van der Waals surface area contributed by atoms with Crippen LogP contribution in [0.2, 0.25) is 0 Å². The number of carboxylic acid groups (broad SMARTS) is 1. The summed E-state index contributed by atoms with van der Waals surface area (Å²) < 4.78 is 41.5. The zero-order valence-corrected chi connectivity index (χ0v) is 27.0. The number of halogens is 1. The second-order valence-electron chi connectivity index (χ2n) is 13.1.